The Morgan fingerprint density at radius 1 is 1.39 bits per heavy atom. The van der Waals surface area contributed by atoms with Gasteiger partial charge >= 0.3 is 0 Å². The number of methoxy groups -OCH3 is 1. The number of nitrogens with one attached hydrogen (secondary N) is 1. The van der Waals surface area contributed by atoms with E-state index in [1.807, 2.05) is 12.3 Å². The molecule has 2 aromatic heterocycles. The number of nitrogens with zero attached hydrogens (tertiary/aromatic N) is 3. The predicted molar refractivity (Wildman–Crippen MR) is 71.3 cm³/mol. The van der Waals surface area contributed by atoms with E-state index in [1.54, 1.807) is 24.5 Å². The molecule has 96 valence electrons. The number of aryl methyl sites for hydroxylation is 1. The molecule has 0 aliphatic rings. The summed E-state index contributed by atoms with van der Waals surface area (Å²) in [5.41, 5.74) is 6.69. The van der Waals surface area contributed by atoms with Gasteiger partial charge in [0.25, 0.3) is 0 Å². The zero-order valence-corrected chi connectivity index (χ0v) is 11.1. The van der Waals surface area contributed by atoms with Gasteiger partial charge in [0, 0.05) is 18.6 Å². The Morgan fingerprint density at radius 3 is 2.89 bits per heavy atom. The van der Waals surface area contributed by atoms with Crippen LogP contribution in [-0.2, 0) is 17.9 Å². The fourth-order valence-corrected chi connectivity index (χ4v) is 2.09. The molecule has 6 nitrogen and oxygen atoms in total. The topological polar surface area (TPSA) is 86.0 Å². The fourth-order valence-electron chi connectivity index (χ4n) is 1.47. The Balaban J connectivity index is 2.04. The average Bonchev–Trinajstić information content (AvgIpc) is 2.72. The minimum absolute atomic E-state index is 0.343. The van der Waals surface area contributed by atoms with Crippen molar-refractivity contribution in [2.75, 3.05) is 18.2 Å². The predicted octanol–water partition coefficient (Wildman–Crippen LogP) is 1.58. The smallest absolute Gasteiger partial charge is 0.158 e. The van der Waals surface area contributed by atoms with Gasteiger partial charge in [0.15, 0.2) is 5.82 Å². The summed E-state index contributed by atoms with van der Waals surface area (Å²) in [6, 6.07) is 1.69. The largest absolute Gasteiger partial charge is 0.384 e. The molecule has 7 heteroatoms. The van der Waals surface area contributed by atoms with Gasteiger partial charge < -0.3 is 15.8 Å². The number of aromatic nitrogens is 3. The maximum atomic E-state index is 5.70. The fraction of sp³-hybridized carbons (Fsp3) is 0.364. The van der Waals surface area contributed by atoms with Gasteiger partial charge in [0.1, 0.15) is 18.2 Å². The molecule has 0 unspecified atom stereocenters. The van der Waals surface area contributed by atoms with Gasteiger partial charge in [0.05, 0.1) is 17.2 Å². The second-order valence-electron chi connectivity index (χ2n) is 3.74. The number of hydrogen-bond acceptors (Lipinski definition) is 7. The van der Waals surface area contributed by atoms with E-state index in [4.69, 9.17) is 10.5 Å². The van der Waals surface area contributed by atoms with Gasteiger partial charge in [-0.15, -0.1) is 11.3 Å². The minimum atomic E-state index is 0.343. The van der Waals surface area contributed by atoms with Gasteiger partial charge in [-0.05, 0) is 6.92 Å². The standard InChI is InChI=1S/C11H15N5OS/c1-7-14-8(6-18-7)4-13-10-3-9(12)15-11(16-10)5-17-2/h3,6H,4-5H2,1-2H3,(H3,12,13,15,16). The number of ether oxygens (including phenoxy) is 1. The van der Waals surface area contributed by atoms with Gasteiger partial charge in [0.2, 0.25) is 0 Å². The van der Waals surface area contributed by atoms with Crippen molar-refractivity contribution in [1.82, 2.24) is 15.0 Å². The normalized spacial score (nSPS) is 10.6. The highest BCUT2D eigenvalue weighted by Gasteiger charge is 2.03. The number of nitrogens with two attached hydrogens (primary N) is 1. The van der Waals surface area contributed by atoms with Gasteiger partial charge in [-0.3, -0.25) is 0 Å². The van der Waals surface area contributed by atoms with Crippen LogP contribution in [0.4, 0.5) is 11.6 Å². The first-order chi connectivity index (χ1) is 8.67. The summed E-state index contributed by atoms with van der Waals surface area (Å²) < 4.78 is 4.98. The van der Waals surface area contributed by atoms with Gasteiger partial charge in [-0.2, -0.15) is 0 Å². The van der Waals surface area contributed by atoms with Gasteiger partial charge in [-0.25, -0.2) is 15.0 Å². The zero-order valence-electron chi connectivity index (χ0n) is 10.3. The molecule has 0 amide bonds. The average molecular weight is 265 g/mol. The van der Waals surface area contributed by atoms with Crippen molar-refractivity contribution < 1.29 is 4.74 Å². The highest BCUT2D eigenvalue weighted by molar-refractivity contribution is 7.09. The van der Waals surface area contributed by atoms with Crippen molar-refractivity contribution >= 4 is 23.0 Å². The lowest BCUT2D eigenvalue weighted by Gasteiger charge is -2.06. The molecule has 18 heavy (non-hydrogen) atoms. The zero-order chi connectivity index (χ0) is 13.0. The number of nitrogen functional groups attached to an aromatic ring is 1. The highest BCUT2D eigenvalue weighted by Crippen LogP contribution is 2.12. The third-order valence-corrected chi connectivity index (χ3v) is 3.01. The minimum Gasteiger partial charge on any atom is -0.384 e. The number of hydrogen-bond donors (Lipinski definition) is 2. The molecule has 0 atom stereocenters. The molecule has 0 bridgehead atoms. The number of anilines is 2. The van der Waals surface area contributed by atoms with E-state index in [2.05, 4.69) is 20.3 Å². The maximum Gasteiger partial charge on any atom is 0.158 e. The van der Waals surface area contributed by atoms with E-state index in [-0.39, 0.29) is 0 Å². The number of rotatable bonds is 5. The van der Waals surface area contributed by atoms with Crippen molar-refractivity contribution in [3.05, 3.63) is 28.0 Å². The van der Waals surface area contributed by atoms with E-state index in [0.717, 1.165) is 10.7 Å². The SMILES string of the molecule is COCc1nc(N)cc(NCc2csc(C)n2)n1. The summed E-state index contributed by atoms with van der Waals surface area (Å²) in [6.45, 7) is 2.94. The van der Waals surface area contributed by atoms with E-state index >= 15 is 0 Å². The molecule has 2 aromatic rings. The molecule has 0 fully saturated rings. The Bertz CT molecular complexity index is 528. The van der Waals surface area contributed by atoms with Gasteiger partial charge in [-0.1, -0.05) is 0 Å². The lowest BCUT2D eigenvalue weighted by molar-refractivity contribution is 0.178. The molecule has 0 saturated heterocycles. The summed E-state index contributed by atoms with van der Waals surface area (Å²) in [6.07, 6.45) is 0. The van der Waals surface area contributed by atoms with Crippen LogP contribution in [0.3, 0.4) is 0 Å². The summed E-state index contributed by atoms with van der Waals surface area (Å²) in [4.78, 5) is 12.7. The van der Waals surface area contributed by atoms with Crippen LogP contribution < -0.4 is 11.1 Å². The Morgan fingerprint density at radius 2 is 2.22 bits per heavy atom. The third-order valence-electron chi connectivity index (χ3n) is 2.18. The lowest BCUT2D eigenvalue weighted by atomic mass is 10.4. The third kappa shape index (κ3) is 3.38. The van der Waals surface area contributed by atoms with Crippen LogP contribution in [0.25, 0.3) is 0 Å². The van der Waals surface area contributed by atoms with Crippen LogP contribution in [0, 0.1) is 6.92 Å². The van der Waals surface area contributed by atoms with Crippen molar-refractivity contribution in [1.29, 1.82) is 0 Å². The van der Waals surface area contributed by atoms with Crippen LogP contribution >= 0.6 is 11.3 Å². The van der Waals surface area contributed by atoms with E-state index < -0.39 is 0 Å². The van der Waals surface area contributed by atoms with Crippen LogP contribution in [0.1, 0.15) is 16.5 Å². The molecule has 0 radical (unpaired) electrons. The molecule has 2 heterocycles. The lowest BCUT2D eigenvalue weighted by Crippen LogP contribution is -2.07. The highest BCUT2D eigenvalue weighted by atomic mass is 32.1. The summed E-state index contributed by atoms with van der Waals surface area (Å²) in [7, 11) is 1.59. The van der Waals surface area contributed by atoms with E-state index in [9.17, 15) is 0 Å². The number of thiazole rings is 1. The molecule has 0 spiro atoms. The first kappa shape index (κ1) is 12.7. The Hall–Kier alpha value is -1.73. The first-order valence-corrected chi connectivity index (χ1v) is 6.32. The summed E-state index contributed by atoms with van der Waals surface area (Å²) >= 11 is 1.63. The summed E-state index contributed by atoms with van der Waals surface area (Å²) in [5.74, 6) is 1.67. The van der Waals surface area contributed by atoms with Crippen molar-refractivity contribution in [2.45, 2.75) is 20.1 Å². The van der Waals surface area contributed by atoms with Crippen LogP contribution in [0.15, 0.2) is 11.4 Å². The summed E-state index contributed by atoms with van der Waals surface area (Å²) in [5, 5.41) is 6.24. The van der Waals surface area contributed by atoms with Crippen LogP contribution in [0.5, 0.6) is 0 Å². The first-order valence-electron chi connectivity index (χ1n) is 5.44. The molecule has 0 aliphatic heterocycles. The van der Waals surface area contributed by atoms with Crippen molar-refractivity contribution in [2.24, 2.45) is 0 Å². The second kappa shape index (κ2) is 5.74. The maximum absolute atomic E-state index is 5.70. The quantitative estimate of drug-likeness (QED) is 0.853. The van der Waals surface area contributed by atoms with Crippen molar-refractivity contribution in [3.8, 4) is 0 Å². The molecule has 2 rings (SSSR count). The molecule has 0 saturated carbocycles. The molecule has 0 aliphatic carbocycles. The molecule has 3 N–H and O–H groups in total. The molecule has 0 aromatic carbocycles. The van der Waals surface area contributed by atoms with Crippen LogP contribution in [-0.4, -0.2) is 22.1 Å². The molecular formula is C11H15N5OS. The Labute approximate surface area is 109 Å². The van der Waals surface area contributed by atoms with Crippen LogP contribution in [0.2, 0.25) is 0 Å². The van der Waals surface area contributed by atoms with Crippen molar-refractivity contribution in [3.63, 3.8) is 0 Å². The molecular weight excluding hydrogens is 250 g/mol. The Kier molecular flexibility index (Phi) is 4.06. The van der Waals surface area contributed by atoms with E-state index in [1.165, 1.54) is 0 Å². The second-order valence-corrected chi connectivity index (χ2v) is 4.80. The monoisotopic (exact) mass is 265 g/mol. The van der Waals surface area contributed by atoms with E-state index in [0.29, 0.717) is 30.6 Å².